The Balaban J connectivity index is 1.38. The molecule has 1 atom stereocenters. The van der Waals surface area contributed by atoms with E-state index < -0.39 is 0 Å². The van der Waals surface area contributed by atoms with E-state index in [1.54, 1.807) is 16.6 Å². The number of ether oxygens (including phenoxy) is 1. The van der Waals surface area contributed by atoms with E-state index in [-0.39, 0.29) is 12.1 Å². The summed E-state index contributed by atoms with van der Waals surface area (Å²) in [4.78, 5) is 29.7. The van der Waals surface area contributed by atoms with Gasteiger partial charge in [0, 0.05) is 31.2 Å². The number of anilines is 1. The highest BCUT2D eigenvalue weighted by molar-refractivity contribution is 7.07. The van der Waals surface area contributed by atoms with Crippen LogP contribution in [0.2, 0.25) is 0 Å². The van der Waals surface area contributed by atoms with Crippen LogP contribution in [0, 0.1) is 0 Å². The van der Waals surface area contributed by atoms with Crippen LogP contribution in [0.3, 0.4) is 0 Å². The van der Waals surface area contributed by atoms with Crippen molar-refractivity contribution in [2.75, 3.05) is 37.7 Å². The number of hydrogen-bond acceptors (Lipinski definition) is 7. The summed E-state index contributed by atoms with van der Waals surface area (Å²) in [5, 5.41) is 4.85. The fourth-order valence-electron chi connectivity index (χ4n) is 3.23. The monoisotopic (exact) mass is 374 g/mol. The second kappa shape index (κ2) is 7.96. The predicted octanol–water partition coefficient (Wildman–Crippen LogP) is 1.82. The molecule has 2 amide bonds. The second-order valence-electron chi connectivity index (χ2n) is 6.42. The standard InChI is InChI=1S/C17H22N6O2S/c24-17(19-9-13-11-26-12-20-13)23-7-8-25-15(10-23)14-3-4-18-16(21-14)22-5-1-2-6-22/h3-4,11-12,15H,1-2,5-10H2,(H,19,24)/t15-/m1/s1. The Morgan fingerprint density at radius 3 is 3.00 bits per heavy atom. The zero-order chi connectivity index (χ0) is 17.8. The molecule has 1 N–H and O–H groups in total. The maximum atomic E-state index is 12.4. The molecular formula is C17H22N6O2S. The molecule has 2 aliphatic heterocycles. The summed E-state index contributed by atoms with van der Waals surface area (Å²) < 4.78 is 5.87. The van der Waals surface area contributed by atoms with E-state index in [4.69, 9.17) is 4.74 Å². The Morgan fingerprint density at radius 2 is 2.19 bits per heavy atom. The zero-order valence-electron chi connectivity index (χ0n) is 14.5. The molecule has 4 heterocycles. The zero-order valence-corrected chi connectivity index (χ0v) is 15.3. The van der Waals surface area contributed by atoms with Gasteiger partial charge in [0.1, 0.15) is 6.10 Å². The minimum Gasteiger partial charge on any atom is -0.368 e. The molecule has 2 aliphatic rings. The average molecular weight is 374 g/mol. The molecule has 2 saturated heterocycles. The van der Waals surface area contributed by atoms with Crippen molar-refractivity contribution in [3.8, 4) is 0 Å². The fourth-order valence-corrected chi connectivity index (χ4v) is 3.78. The number of carbonyl (C=O) groups is 1. The number of amides is 2. The van der Waals surface area contributed by atoms with Crippen LogP contribution in [0.25, 0.3) is 0 Å². The van der Waals surface area contributed by atoms with Crippen molar-refractivity contribution < 1.29 is 9.53 Å². The molecule has 0 unspecified atom stereocenters. The predicted molar refractivity (Wildman–Crippen MR) is 98.1 cm³/mol. The summed E-state index contributed by atoms with van der Waals surface area (Å²) >= 11 is 1.52. The summed E-state index contributed by atoms with van der Waals surface area (Å²) in [5.41, 5.74) is 3.47. The van der Waals surface area contributed by atoms with Crippen LogP contribution >= 0.6 is 11.3 Å². The lowest BCUT2D eigenvalue weighted by Crippen LogP contribution is -2.47. The highest BCUT2D eigenvalue weighted by Crippen LogP contribution is 2.23. The molecule has 0 radical (unpaired) electrons. The minimum atomic E-state index is -0.224. The quantitative estimate of drug-likeness (QED) is 0.879. The van der Waals surface area contributed by atoms with Gasteiger partial charge in [0.2, 0.25) is 5.95 Å². The van der Waals surface area contributed by atoms with Crippen LogP contribution in [0.1, 0.15) is 30.3 Å². The largest absolute Gasteiger partial charge is 0.368 e. The molecule has 2 aromatic heterocycles. The van der Waals surface area contributed by atoms with Crippen molar-refractivity contribution in [2.24, 2.45) is 0 Å². The number of nitrogens with one attached hydrogen (secondary N) is 1. The number of aromatic nitrogens is 3. The minimum absolute atomic E-state index is 0.0971. The van der Waals surface area contributed by atoms with E-state index in [1.165, 1.54) is 24.2 Å². The van der Waals surface area contributed by atoms with Gasteiger partial charge in [-0.25, -0.2) is 19.7 Å². The Kier molecular flexibility index (Phi) is 5.26. The highest BCUT2D eigenvalue weighted by Gasteiger charge is 2.27. The first-order valence-electron chi connectivity index (χ1n) is 8.89. The van der Waals surface area contributed by atoms with Gasteiger partial charge in [0.25, 0.3) is 0 Å². The summed E-state index contributed by atoms with van der Waals surface area (Å²) in [5.74, 6) is 0.758. The number of thiazole rings is 1. The lowest BCUT2D eigenvalue weighted by molar-refractivity contribution is -0.0176. The fraction of sp³-hybridized carbons (Fsp3) is 0.529. The van der Waals surface area contributed by atoms with Crippen LogP contribution in [0.4, 0.5) is 10.7 Å². The topological polar surface area (TPSA) is 83.5 Å². The number of hydrogen-bond donors (Lipinski definition) is 1. The second-order valence-corrected chi connectivity index (χ2v) is 7.14. The van der Waals surface area contributed by atoms with Crippen molar-refractivity contribution in [2.45, 2.75) is 25.5 Å². The van der Waals surface area contributed by atoms with Crippen LogP contribution in [-0.2, 0) is 11.3 Å². The molecule has 4 rings (SSSR count). The van der Waals surface area contributed by atoms with Gasteiger partial charge in [0.05, 0.1) is 36.6 Å². The molecule has 0 spiro atoms. The molecule has 2 aromatic rings. The smallest absolute Gasteiger partial charge is 0.317 e. The summed E-state index contributed by atoms with van der Waals surface area (Å²) in [7, 11) is 0. The van der Waals surface area contributed by atoms with Crippen LogP contribution < -0.4 is 10.2 Å². The number of carbonyl (C=O) groups excluding carboxylic acids is 1. The molecule has 26 heavy (non-hydrogen) atoms. The first-order valence-corrected chi connectivity index (χ1v) is 9.83. The molecule has 9 heteroatoms. The van der Waals surface area contributed by atoms with Gasteiger partial charge >= 0.3 is 6.03 Å². The Morgan fingerprint density at radius 1 is 1.31 bits per heavy atom. The lowest BCUT2D eigenvalue weighted by Gasteiger charge is -2.32. The highest BCUT2D eigenvalue weighted by atomic mass is 32.1. The number of morpholine rings is 1. The van der Waals surface area contributed by atoms with Crippen molar-refractivity contribution in [1.29, 1.82) is 0 Å². The molecule has 2 fully saturated rings. The van der Waals surface area contributed by atoms with Gasteiger partial charge in [-0.15, -0.1) is 11.3 Å². The van der Waals surface area contributed by atoms with Crippen molar-refractivity contribution in [3.63, 3.8) is 0 Å². The molecule has 138 valence electrons. The van der Waals surface area contributed by atoms with E-state index in [1.807, 2.05) is 11.4 Å². The van der Waals surface area contributed by atoms with Crippen LogP contribution in [0.5, 0.6) is 0 Å². The molecule has 0 aliphatic carbocycles. The first-order chi connectivity index (χ1) is 12.8. The third-order valence-corrected chi connectivity index (χ3v) is 5.28. The van der Waals surface area contributed by atoms with Gasteiger partial charge < -0.3 is 19.9 Å². The van der Waals surface area contributed by atoms with Gasteiger partial charge in [0.15, 0.2) is 0 Å². The molecule has 0 saturated carbocycles. The maximum absolute atomic E-state index is 12.4. The third kappa shape index (κ3) is 3.94. The molecule has 8 nitrogen and oxygen atoms in total. The lowest BCUT2D eigenvalue weighted by atomic mass is 10.2. The number of nitrogens with zero attached hydrogens (tertiary/aromatic N) is 5. The Hall–Kier alpha value is -2.26. The van der Waals surface area contributed by atoms with Crippen molar-refractivity contribution in [3.05, 3.63) is 34.5 Å². The van der Waals surface area contributed by atoms with E-state index >= 15 is 0 Å². The van der Waals surface area contributed by atoms with E-state index in [9.17, 15) is 4.79 Å². The SMILES string of the molecule is O=C(NCc1cscn1)N1CCO[C@@H](c2ccnc(N3CCCC3)n2)C1. The van der Waals surface area contributed by atoms with Crippen LogP contribution in [-0.4, -0.2) is 58.7 Å². The van der Waals surface area contributed by atoms with Crippen molar-refractivity contribution >= 4 is 23.3 Å². The van der Waals surface area contributed by atoms with Gasteiger partial charge in [-0.1, -0.05) is 0 Å². The van der Waals surface area contributed by atoms with Crippen LogP contribution in [0.15, 0.2) is 23.2 Å². The molecular weight excluding hydrogens is 352 g/mol. The molecule has 0 bridgehead atoms. The summed E-state index contributed by atoms with van der Waals surface area (Å²) in [6.45, 7) is 4.00. The number of urea groups is 1. The normalized spacial score (nSPS) is 20.4. The maximum Gasteiger partial charge on any atom is 0.317 e. The van der Waals surface area contributed by atoms with E-state index in [0.29, 0.717) is 26.2 Å². The number of rotatable bonds is 4. The average Bonchev–Trinajstić information content (AvgIpc) is 3.40. The van der Waals surface area contributed by atoms with E-state index in [0.717, 1.165) is 30.4 Å². The Bertz CT molecular complexity index is 735. The van der Waals surface area contributed by atoms with Gasteiger partial charge in [-0.2, -0.15) is 0 Å². The molecule has 0 aromatic carbocycles. The van der Waals surface area contributed by atoms with Gasteiger partial charge in [-0.3, -0.25) is 0 Å². The summed E-state index contributed by atoms with van der Waals surface area (Å²) in [6.07, 6.45) is 3.92. The third-order valence-electron chi connectivity index (χ3n) is 4.64. The first kappa shape index (κ1) is 17.2. The van der Waals surface area contributed by atoms with Gasteiger partial charge in [-0.05, 0) is 18.9 Å². The Labute approximate surface area is 156 Å². The van der Waals surface area contributed by atoms with E-state index in [2.05, 4.69) is 25.2 Å². The summed E-state index contributed by atoms with van der Waals surface area (Å²) in [6, 6.07) is 1.78. The van der Waals surface area contributed by atoms with Crippen molar-refractivity contribution in [1.82, 2.24) is 25.2 Å².